The number of aromatic nitrogens is 2. The van der Waals surface area contributed by atoms with Gasteiger partial charge in [0.15, 0.2) is 0 Å². The van der Waals surface area contributed by atoms with Crippen LogP contribution in [0.2, 0.25) is 0 Å². The molecular weight excluding hydrogens is 354 g/mol. The summed E-state index contributed by atoms with van der Waals surface area (Å²) in [5.41, 5.74) is 3.79. The Bertz CT molecular complexity index is 810. The quantitative estimate of drug-likeness (QED) is 0.355. The van der Waals surface area contributed by atoms with Crippen molar-refractivity contribution in [2.75, 3.05) is 6.54 Å². The monoisotopic (exact) mass is 380 g/mol. The summed E-state index contributed by atoms with van der Waals surface area (Å²) in [7, 11) is 0. The summed E-state index contributed by atoms with van der Waals surface area (Å²) >= 11 is 0. The van der Waals surface area contributed by atoms with E-state index < -0.39 is 11.8 Å². The summed E-state index contributed by atoms with van der Waals surface area (Å²) in [6.45, 7) is 6.34. The van der Waals surface area contributed by atoms with Gasteiger partial charge in [-0.05, 0) is 30.7 Å². The van der Waals surface area contributed by atoms with Crippen LogP contribution in [0, 0.1) is 0 Å². The summed E-state index contributed by atoms with van der Waals surface area (Å²) in [4.78, 5) is 15.7. The zero-order chi connectivity index (χ0) is 20.0. The van der Waals surface area contributed by atoms with Crippen molar-refractivity contribution < 1.29 is 18.8 Å². The zero-order valence-corrected chi connectivity index (χ0v) is 15.8. The van der Waals surface area contributed by atoms with Crippen molar-refractivity contribution in [2.24, 2.45) is 0 Å². The van der Waals surface area contributed by atoms with Gasteiger partial charge in [0.25, 0.3) is 5.91 Å². The lowest BCUT2D eigenvalue weighted by Gasteiger charge is -2.13. The van der Waals surface area contributed by atoms with Crippen LogP contribution in [0.3, 0.4) is 0 Å². The number of halogens is 2. The highest BCUT2D eigenvalue weighted by Crippen LogP contribution is 2.23. The van der Waals surface area contributed by atoms with Gasteiger partial charge in [-0.1, -0.05) is 19.9 Å². The van der Waals surface area contributed by atoms with Crippen molar-refractivity contribution in [1.29, 1.82) is 0 Å². The van der Waals surface area contributed by atoms with E-state index in [-0.39, 0.29) is 12.8 Å². The lowest BCUT2D eigenvalue weighted by molar-refractivity contribution is -0.124. The number of amides is 1. The fourth-order valence-corrected chi connectivity index (χ4v) is 2.75. The molecule has 0 aliphatic rings. The number of nitrogens with one attached hydrogen (secondary N) is 2. The third-order valence-electron chi connectivity index (χ3n) is 4.06. The van der Waals surface area contributed by atoms with Crippen LogP contribution in [0.25, 0.3) is 17.1 Å². The molecule has 3 N–H and O–H groups in total. The molecule has 0 fully saturated rings. The molecule has 0 aliphatic carbocycles. The molecule has 1 aromatic carbocycles. The molecule has 1 amide bonds. The van der Waals surface area contributed by atoms with E-state index in [0.717, 1.165) is 18.0 Å². The maximum atomic E-state index is 13.3. The average Bonchev–Trinajstić information content (AvgIpc) is 2.94. The molecule has 2 rings (SSSR count). The van der Waals surface area contributed by atoms with Crippen molar-refractivity contribution in [3.05, 3.63) is 35.7 Å². The number of nitrogens with zero attached hydrogens (tertiary/aromatic N) is 2. The van der Waals surface area contributed by atoms with E-state index in [2.05, 4.69) is 10.3 Å². The molecule has 0 aliphatic heterocycles. The number of fused-ring (bicyclic) bond motifs is 1. The highest BCUT2D eigenvalue weighted by atomic mass is 19.3. The molecule has 0 radical (unpaired) electrons. The van der Waals surface area contributed by atoms with E-state index in [1.165, 1.54) is 11.6 Å². The van der Waals surface area contributed by atoms with Gasteiger partial charge in [-0.15, -0.1) is 0 Å². The van der Waals surface area contributed by atoms with Crippen LogP contribution in [0.1, 0.15) is 38.6 Å². The van der Waals surface area contributed by atoms with Crippen LogP contribution < -0.4 is 10.8 Å². The summed E-state index contributed by atoms with van der Waals surface area (Å²) in [5, 5.41) is 11.9. The summed E-state index contributed by atoms with van der Waals surface area (Å²) in [6, 6.07) is 5.80. The number of imidazole rings is 1. The highest BCUT2D eigenvalue weighted by molar-refractivity contribution is 5.91. The van der Waals surface area contributed by atoms with E-state index in [4.69, 9.17) is 5.21 Å². The molecule has 2 aromatic rings. The second-order valence-corrected chi connectivity index (χ2v) is 6.92. The topological polar surface area (TPSA) is 79.2 Å². The number of carbonyl (C=O) groups is 1. The van der Waals surface area contributed by atoms with E-state index in [1.54, 1.807) is 12.1 Å². The van der Waals surface area contributed by atoms with Crippen LogP contribution in [-0.2, 0) is 17.8 Å². The normalized spacial score (nSPS) is 12.4. The van der Waals surface area contributed by atoms with Gasteiger partial charge in [0.1, 0.15) is 5.82 Å². The number of hydrogen-bond donors (Lipinski definition) is 3. The molecule has 8 heteroatoms. The van der Waals surface area contributed by atoms with Crippen LogP contribution >= 0.6 is 0 Å². The first-order chi connectivity index (χ1) is 12.7. The van der Waals surface area contributed by atoms with Crippen molar-refractivity contribution in [1.82, 2.24) is 20.3 Å². The molecule has 6 nitrogen and oxygen atoms in total. The lowest BCUT2D eigenvalue weighted by atomic mass is 10.2. The molecule has 148 valence electrons. The highest BCUT2D eigenvalue weighted by Gasteiger charge is 2.22. The standard InChI is InChI=1S/C19H26F2N4O2/c1-13(2)22-10-11-25-16-6-4-14(5-7-18(26)24-27)12-15(16)23-17(25)8-9-19(3,20)21/h4-7,12-13,22,27H,8-11H2,1-3H3,(H,24,26)/b7-5+. The first kappa shape index (κ1) is 21.0. The number of aryl methyl sites for hydroxylation is 1. The molecule has 0 atom stereocenters. The molecule has 1 heterocycles. The van der Waals surface area contributed by atoms with Gasteiger partial charge in [-0.3, -0.25) is 10.0 Å². The molecule has 0 spiro atoms. The van der Waals surface area contributed by atoms with E-state index in [1.807, 2.05) is 30.5 Å². The SMILES string of the molecule is CC(C)NCCn1c(CCC(C)(F)F)nc2cc(/C=C/C(=O)NO)ccc21. The minimum Gasteiger partial charge on any atom is -0.327 e. The summed E-state index contributed by atoms with van der Waals surface area (Å²) < 4.78 is 28.6. The number of benzene rings is 1. The average molecular weight is 380 g/mol. The number of hydrogen-bond acceptors (Lipinski definition) is 4. The second-order valence-electron chi connectivity index (χ2n) is 6.92. The Labute approximate surface area is 157 Å². The van der Waals surface area contributed by atoms with Crippen LogP contribution in [0.5, 0.6) is 0 Å². The predicted molar refractivity (Wildman–Crippen MR) is 101 cm³/mol. The van der Waals surface area contributed by atoms with Gasteiger partial charge in [0.05, 0.1) is 11.0 Å². The van der Waals surface area contributed by atoms with E-state index in [9.17, 15) is 13.6 Å². The fourth-order valence-electron chi connectivity index (χ4n) is 2.75. The molecule has 1 aromatic heterocycles. The molecule has 0 saturated heterocycles. The predicted octanol–water partition coefficient (Wildman–Crippen LogP) is 3.14. The number of rotatable bonds is 9. The maximum Gasteiger partial charge on any atom is 0.267 e. The van der Waals surface area contributed by atoms with Crippen molar-refractivity contribution in [3.8, 4) is 0 Å². The van der Waals surface area contributed by atoms with Gasteiger partial charge < -0.3 is 9.88 Å². The molecule has 0 bridgehead atoms. The first-order valence-corrected chi connectivity index (χ1v) is 8.92. The minimum absolute atomic E-state index is 0.179. The molecule has 0 unspecified atom stereocenters. The molecular formula is C19H26F2N4O2. The van der Waals surface area contributed by atoms with Gasteiger partial charge in [0.2, 0.25) is 5.92 Å². The van der Waals surface area contributed by atoms with Gasteiger partial charge in [-0.2, -0.15) is 0 Å². The number of hydroxylamine groups is 1. The van der Waals surface area contributed by atoms with Crippen molar-refractivity contribution >= 4 is 23.0 Å². The Kier molecular flexibility index (Phi) is 7.04. The third kappa shape index (κ3) is 6.41. The Morgan fingerprint density at radius 2 is 2.15 bits per heavy atom. The smallest absolute Gasteiger partial charge is 0.267 e. The zero-order valence-electron chi connectivity index (χ0n) is 15.8. The fraction of sp³-hybridized carbons (Fsp3) is 0.474. The van der Waals surface area contributed by atoms with Gasteiger partial charge in [-0.25, -0.2) is 19.2 Å². The molecule has 27 heavy (non-hydrogen) atoms. The Balaban J connectivity index is 2.32. The summed E-state index contributed by atoms with van der Waals surface area (Å²) in [6.07, 6.45) is 2.66. The largest absolute Gasteiger partial charge is 0.327 e. The van der Waals surface area contributed by atoms with Crippen LogP contribution in [-0.4, -0.2) is 39.2 Å². The van der Waals surface area contributed by atoms with E-state index in [0.29, 0.717) is 30.5 Å². The van der Waals surface area contributed by atoms with Crippen molar-refractivity contribution in [3.63, 3.8) is 0 Å². The first-order valence-electron chi connectivity index (χ1n) is 8.92. The Morgan fingerprint density at radius 1 is 1.41 bits per heavy atom. The van der Waals surface area contributed by atoms with E-state index >= 15 is 0 Å². The van der Waals surface area contributed by atoms with Gasteiger partial charge >= 0.3 is 0 Å². The Hall–Kier alpha value is -2.32. The number of alkyl halides is 2. The Morgan fingerprint density at radius 3 is 2.78 bits per heavy atom. The molecule has 0 saturated carbocycles. The third-order valence-corrected chi connectivity index (χ3v) is 4.06. The minimum atomic E-state index is -2.75. The van der Waals surface area contributed by atoms with Gasteiger partial charge in [0, 0.05) is 38.0 Å². The van der Waals surface area contributed by atoms with Crippen LogP contribution in [0.4, 0.5) is 8.78 Å². The van der Waals surface area contributed by atoms with Crippen LogP contribution in [0.15, 0.2) is 24.3 Å². The maximum absolute atomic E-state index is 13.3. The second kappa shape index (κ2) is 9.05. The number of carbonyl (C=O) groups excluding carboxylic acids is 1. The summed E-state index contributed by atoms with van der Waals surface area (Å²) in [5.74, 6) is -2.76. The lowest BCUT2D eigenvalue weighted by Crippen LogP contribution is -2.27. The van der Waals surface area contributed by atoms with Crippen molar-refractivity contribution in [2.45, 2.75) is 52.1 Å².